The second kappa shape index (κ2) is 9.62. The number of nitrogens with one attached hydrogen (secondary N) is 3. The smallest absolute Gasteiger partial charge is 0.242 e. The predicted molar refractivity (Wildman–Crippen MR) is 109 cm³/mol. The van der Waals surface area contributed by atoms with Crippen LogP contribution in [-0.2, 0) is 17.9 Å². The van der Waals surface area contributed by atoms with Gasteiger partial charge in [-0.2, -0.15) is 10.1 Å². The second-order valence-corrected chi connectivity index (χ2v) is 7.58. The van der Waals surface area contributed by atoms with Crippen molar-refractivity contribution < 1.29 is 22.4 Å². The lowest BCUT2D eigenvalue weighted by Gasteiger charge is -2.22. The van der Waals surface area contributed by atoms with E-state index in [1.165, 1.54) is 29.3 Å². The molecule has 0 saturated carbocycles. The van der Waals surface area contributed by atoms with Gasteiger partial charge in [0, 0.05) is 36.6 Å². The van der Waals surface area contributed by atoms with Crippen molar-refractivity contribution in [3.63, 3.8) is 0 Å². The van der Waals surface area contributed by atoms with Crippen LogP contribution in [0.1, 0.15) is 19.4 Å². The van der Waals surface area contributed by atoms with E-state index in [1.54, 1.807) is 13.8 Å². The van der Waals surface area contributed by atoms with Gasteiger partial charge in [-0.15, -0.1) is 0 Å². The Labute approximate surface area is 181 Å². The molecule has 1 aromatic carbocycles. The highest BCUT2D eigenvalue weighted by Gasteiger charge is 2.20. The van der Waals surface area contributed by atoms with E-state index >= 15 is 0 Å². The van der Waals surface area contributed by atoms with Gasteiger partial charge in [0.15, 0.2) is 0 Å². The van der Waals surface area contributed by atoms with Gasteiger partial charge in [-0.1, -0.05) is 0 Å². The third-order valence-corrected chi connectivity index (χ3v) is 4.21. The van der Waals surface area contributed by atoms with Crippen LogP contribution in [0.15, 0.2) is 36.8 Å². The van der Waals surface area contributed by atoms with E-state index in [4.69, 9.17) is 0 Å². The summed E-state index contributed by atoms with van der Waals surface area (Å²) in [6.07, 6.45) is 4.40. The summed E-state index contributed by atoms with van der Waals surface area (Å²) in [7, 11) is 0. The SMILES string of the molecule is CC(C)(CF)NC(=O)Cn1cc(Nc2nccc(NCc3c(F)cc(F)cc3F)n2)cn1. The van der Waals surface area contributed by atoms with Crippen LogP contribution in [0.4, 0.5) is 35.0 Å². The Bertz CT molecular complexity index is 1080. The molecule has 3 aromatic rings. The van der Waals surface area contributed by atoms with Crippen LogP contribution in [0.2, 0.25) is 0 Å². The van der Waals surface area contributed by atoms with Crippen molar-refractivity contribution in [2.24, 2.45) is 0 Å². The highest BCUT2D eigenvalue weighted by molar-refractivity contribution is 5.76. The third-order valence-electron chi connectivity index (χ3n) is 4.21. The average molecular weight is 451 g/mol. The number of alkyl halides is 1. The lowest BCUT2D eigenvalue weighted by Crippen LogP contribution is -2.46. The van der Waals surface area contributed by atoms with Crippen molar-refractivity contribution in [3.05, 3.63) is 59.8 Å². The predicted octanol–water partition coefficient (Wildman–Crippen LogP) is 3.31. The van der Waals surface area contributed by atoms with Crippen molar-refractivity contribution >= 4 is 23.4 Å². The average Bonchev–Trinajstić information content (AvgIpc) is 3.13. The Hall–Kier alpha value is -3.70. The van der Waals surface area contributed by atoms with Gasteiger partial charge in [-0.25, -0.2) is 22.5 Å². The molecule has 32 heavy (non-hydrogen) atoms. The minimum atomic E-state index is -1.01. The Morgan fingerprint density at radius 2 is 1.91 bits per heavy atom. The fourth-order valence-electron chi connectivity index (χ4n) is 2.68. The summed E-state index contributed by atoms with van der Waals surface area (Å²) in [6, 6.07) is 2.69. The van der Waals surface area contributed by atoms with Gasteiger partial charge in [-0.3, -0.25) is 9.48 Å². The maximum Gasteiger partial charge on any atom is 0.242 e. The molecule has 8 nitrogen and oxygen atoms in total. The van der Waals surface area contributed by atoms with Crippen molar-refractivity contribution in [2.45, 2.75) is 32.5 Å². The van der Waals surface area contributed by atoms with Gasteiger partial charge < -0.3 is 16.0 Å². The van der Waals surface area contributed by atoms with E-state index in [0.717, 1.165) is 0 Å². The number of hydrogen-bond donors (Lipinski definition) is 3. The van der Waals surface area contributed by atoms with Crippen LogP contribution in [0.5, 0.6) is 0 Å². The topological polar surface area (TPSA) is 96.8 Å². The van der Waals surface area contributed by atoms with Crippen molar-refractivity contribution in [1.82, 2.24) is 25.1 Å². The van der Waals surface area contributed by atoms with E-state index in [-0.39, 0.29) is 30.4 Å². The Morgan fingerprint density at radius 1 is 1.19 bits per heavy atom. The van der Waals surface area contributed by atoms with Crippen LogP contribution >= 0.6 is 0 Å². The van der Waals surface area contributed by atoms with Crippen LogP contribution in [-0.4, -0.2) is 37.9 Å². The normalized spacial score (nSPS) is 11.3. The second-order valence-electron chi connectivity index (χ2n) is 7.58. The summed E-state index contributed by atoms with van der Waals surface area (Å²) >= 11 is 0. The molecule has 0 bridgehead atoms. The number of hydrogen-bond acceptors (Lipinski definition) is 6. The van der Waals surface area contributed by atoms with Crippen LogP contribution in [0.25, 0.3) is 0 Å². The maximum atomic E-state index is 13.8. The fraction of sp³-hybridized carbons (Fsp3) is 0.300. The zero-order chi connectivity index (χ0) is 23.3. The number of anilines is 3. The largest absolute Gasteiger partial charge is 0.366 e. The summed E-state index contributed by atoms with van der Waals surface area (Å²) in [5, 5.41) is 12.2. The molecule has 1 amide bonds. The molecule has 0 unspecified atom stereocenters. The minimum Gasteiger partial charge on any atom is -0.366 e. The molecule has 2 heterocycles. The number of rotatable bonds is 9. The molecule has 3 rings (SSSR count). The van der Waals surface area contributed by atoms with Crippen molar-refractivity contribution in [3.8, 4) is 0 Å². The first-order valence-electron chi connectivity index (χ1n) is 9.52. The standard InChI is InChI=1S/C20H21F4N7O/c1-20(2,11-21)30-18(32)10-31-9-13(7-27-31)28-19-25-4-3-17(29-19)26-8-14-15(23)5-12(22)6-16(14)24/h3-7,9H,8,10-11H2,1-2H3,(H,30,32)(H2,25,26,28,29). The molecule has 12 heteroatoms. The van der Waals surface area contributed by atoms with E-state index < -0.39 is 35.6 Å². The van der Waals surface area contributed by atoms with Gasteiger partial charge in [-0.05, 0) is 19.9 Å². The highest BCUT2D eigenvalue weighted by atomic mass is 19.1. The Kier molecular flexibility index (Phi) is 6.91. The number of aromatic nitrogens is 4. The molecule has 0 saturated heterocycles. The minimum absolute atomic E-state index is 0.109. The zero-order valence-electron chi connectivity index (χ0n) is 17.3. The lowest BCUT2D eigenvalue weighted by molar-refractivity contribution is -0.123. The summed E-state index contributed by atoms with van der Waals surface area (Å²) in [6.45, 7) is 2.07. The molecule has 3 N–H and O–H groups in total. The number of halogens is 4. The third kappa shape index (κ3) is 6.15. The molecule has 2 aromatic heterocycles. The highest BCUT2D eigenvalue weighted by Crippen LogP contribution is 2.18. The molecule has 0 fully saturated rings. The van der Waals surface area contributed by atoms with Gasteiger partial charge >= 0.3 is 0 Å². The van der Waals surface area contributed by atoms with Crippen LogP contribution in [0, 0.1) is 17.5 Å². The number of carbonyl (C=O) groups excluding carboxylic acids is 1. The summed E-state index contributed by atoms with van der Waals surface area (Å²) in [4.78, 5) is 20.2. The molecule has 0 radical (unpaired) electrons. The molecular formula is C20H21F4N7O. The fourth-order valence-corrected chi connectivity index (χ4v) is 2.68. The van der Waals surface area contributed by atoms with Gasteiger partial charge in [0.1, 0.15) is 36.5 Å². The van der Waals surface area contributed by atoms with Gasteiger partial charge in [0.05, 0.1) is 17.4 Å². The van der Waals surface area contributed by atoms with Crippen molar-refractivity contribution in [1.29, 1.82) is 0 Å². The van der Waals surface area contributed by atoms with Crippen LogP contribution < -0.4 is 16.0 Å². The van der Waals surface area contributed by atoms with E-state index in [1.807, 2.05) is 0 Å². The van der Waals surface area contributed by atoms with Gasteiger partial charge in [0.2, 0.25) is 11.9 Å². The monoisotopic (exact) mass is 451 g/mol. The van der Waals surface area contributed by atoms with Gasteiger partial charge in [0.25, 0.3) is 0 Å². The van der Waals surface area contributed by atoms with E-state index in [2.05, 4.69) is 31.0 Å². The van der Waals surface area contributed by atoms with E-state index in [9.17, 15) is 22.4 Å². The Morgan fingerprint density at radius 3 is 2.59 bits per heavy atom. The Balaban J connectivity index is 1.60. The number of carbonyl (C=O) groups is 1. The quantitative estimate of drug-likeness (QED) is 0.432. The zero-order valence-corrected chi connectivity index (χ0v) is 17.3. The number of benzene rings is 1. The molecular weight excluding hydrogens is 430 g/mol. The van der Waals surface area contributed by atoms with Crippen molar-refractivity contribution in [2.75, 3.05) is 17.3 Å². The first kappa shape index (κ1) is 23.0. The summed E-state index contributed by atoms with van der Waals surface area (Å²) in [5.74, 6) is -2.97. The molecule has 0 spiro atoms. The molecule has 0 aliphatic carbocycles. The molecule has 0 aliphatic rings. The number of nitrogens with zero attached hydrogens (tertiary/aromatic N) is 4. The molecule has 170 valence electrons. The first-order valence-corrected chi connectivity index (χ1v) is 9.52. The summed E-state index contributed by atoms with van der Waals surface area (Å²) in [5.41, 5.74) is -0.808. The molecule has 0 atom stereocenters. The lowest BCUT2D eigenvalue weighted by atomic mass is 10.1. The summed E-state index contributed by atoms with van der Waals surface area (Å²) < 4.78 is 54.7. The first-order chi connectivity index (χ1) is 15.1. The number of amides is 1. The molecule has 0 aliphatic heterocycles. The van der Waals surface area contributed by atoms with Crippen LogP contribution in [0.3, 0.4) is 0 Å². The maximum absolute atomic E-state index is 13.8. The van der Waals surface area contributed by atoms with E-state index in [0.29, 0.717) is 17.8 Å².